The molecule has 0 aliphatic heterocycles. The quantitative estimate of drug-likeness (QED) is 0.758. The molecule has 120 valence electrons. The summed E-state index contributed by atoms with van der Waals surface area (Å²) in [5.74, 6) is 0. The van der Waals surface area contributed by atoms with Crippen LogP contribution in [0.1, 0.15) is 38.0 Å². The molecule has 0 amide bonds. The molecule has 4 nitrogen and oxygen atoms in total. The van der Waals surface area contributed by atoms with Gasteiger partial charge in [-0.2, -0.15) is 11.8 Å². The summed E-state index contributed by atoms with van der Waals surface area (Å²) in [7, 11) is -3.37. The number of sulfonamides is 1. The van der Waals surface area contributed by atoms with Gasteiger partial charge in [0.2, 0.25) is 10.0 Å². The van der Waals surface area contributed by atoms with Crippen molar-refractivity contribution in [2.45, 2.75) is 54.7 Å². The van der Waals surface area contributed by atoms with Crippen LogP contribution in [0.3, 0.4) is 0 Å². The van der Waals surface area contributed by atoms with Gasteiger partial charge in [0.15, 0.2) is 0 Å². The minimum atomic E-state index is -3.37. The average molecular weight is 349 g/mol. The van der Waals surface area contributed by atoms with Crippen LogP contribution in [-0.2, 0) is 16.6 Å². The Bertz CT molecular complexity index is 557. The van der Waals surface area contributed by atoms with E-state index < -0.39 is 10.0 Å². The predicted molar refractivity (Wildman–Crippen MR) is 91.6 cm³/mol. The summed E-state index contributed by atoms with van der Waals surface area (Å²) in [5.41, 5.74) is 0. The fourth-order valence-corrected chi connectivity index (χ4v) is 5.71. The molecule has 2 rings (SSSR count). The fraction of sp³-hybridized carbons (Fsp3) is 0.714. The van der Waals surface area contributed by atoms with Crippen molar-refractivity contribution < 1.29 is 8.42 Å². The molecule has 1 heterocycles. The summed E-state index contributed by atoms with van der Waals surface area (Å²) in [5, 5.41) is 3.30. The van der Waals surface area contributed by atoms with E-state index in [0.717, 1.165) is 17.7 Å². The van der Waals surface area contributed by atoms with E-state index in [9.17, 15) is 8.42 Å². The van der Waals surface area contributed by atoms with Gasteiger partial charge >= 0.3 is 0 Å². The van der Waals surface area contributed by atoms with Crippen LogP contribution in [0.2, 0.25) is 0 Å². The van der Waals surface area contributed by atoms with E-state index in [4.69, 9.17) is 0 Å². The van der Waals surface area contributed by atoms with Crippen molar-refractivity contribution in [1.29, 1.82) is 0 Å². The molecule has 1 aliphatic carbocycles. The van der Waals surface area contributed by atoms with Crippen molar-refractivity contribution in [3.63, 3.8) is 0 Å². The maximum absolute atomic E-state index is 12.4. The fourth-order valence-electron chi connectivity index (χ4n) is 2.22. The summed E-state index contributed by atoms with van der Waals surface area (Å²) in [6, 6.07) is 3.99. The van der Waals surface area contributed by atoms with Crippen LogP contribution in [0, 0.1) is 0 Å². The van der Waals surface area contributed by atoms with Gasteiger partial charge in [0.1, 0.15) is 4.21 Å². The molecule has 0 spiro atoms. The first kappa shape index (κ1) is 17.3. The van der Waals surface area contributed by atoms with E-state index in [-0.39, 0.29) is 4.75 Å². The molecule has 1 aliphatic rings. The van der Waals surface area contributed by atoms with E-state index in [1.54, 1.807) is 17.8 Å². The van der Waals surface area contributed by atoms with Crippen LogP contribution < -0.4 is 10.0 Å². The third kappa shape index (κ3) is 4.45. The Morgan fingerprint density at radius 2 is 2.10 bits per heavy atom. The lowest BCUT2D eigenvalue weighted by Gasteiger charge is -2.40. The predicted octanol–water partition coefficient (Wildman–Crippen LogP) is 2.81. The smallest absolute Gasteiger partial charge is 0.250 e. The number of hydrogen-bond acceptors (Lipinski definition) is 5. The first-order valence-electron chi connectivity index (χ1n) is 7.24. The molecule has 0 radical (unpaired) electrons. The molecule has 1 saturated carbocycles. The monoisotopic (exact) mass is 348 g/mol. The van der Waals surface area contributed by atoms with Crippen molar-refractivity contribution >= 4 is 33.1 Å². The molecular weight excluding hydrogens is 324 g/mol. The molecule has 2 N–H and O–H groups in total. The van der Waals surface area contributed by atoms with Gasteiger partial charge in [-0.25, -0.2) is 13.1 Å². The van der Waals surface area contributed by atoms with Crippen molar-refractivity contribution in [3.05, 3.63) is 17.0 Å². The summed E-state index contributed by atoms with van der Waals surface area (Å²) >= 11 is 3.12. The number of nitrogens with one attached hydrogen (secondary N) is 2. The zero-order valence-electron chi connectivity index (χ0n) is 12.8. The van der Waals surface area contributed by atoms with Gasteiger partial charge < -0.3 is 5.32 Å². The summed E-state index contributed by atoms with van der Waals surface area (Å²) in [6.07, 6.45) is 5.47. The topological polar surface area (TPSA) is 58.2 Å². The van der Waals surface area contributed by atoms with Gasteiger partial charge in [-0.15, -0.1) is 11.3 Å². The number of thioether (sulfide) groups is 1. The average Bonchev–Trinajstić information content (AvgIpc) is 2.85. The molecule has 0 atom stereocenters. The Morgan fingerprint density at radius 3 is 2.62 bits per heavy atom. The zero-order valence-corrected chi connectivity index (χ0v) is 15.3. The molecule has 0 unspecified atom stereocenters. The van der Waals surface area contributed by atoms with E-state index in [2.05, 4.69) is 30.1 Å². The molecule has 21 heavy (non-hydrogen) atoms. The van der Waals surface area contributed by atoms with Gasteiger partial charge in [0, 0.05) is 28.8 Å². The molecule has 0 bridgehead atoms. The second-order valence-corrected chi connectivity index (χ2v) is 10.3. The number of hydrogen-bond donors (Lipinski definition) is 2. The van der Waals surface area contributed by atoms with E-state index in [1.165, 1.54) is 17.8 Å². The zero-order chi connectivity index (χ0) is 15.5. The van der Waals surface area contributed by atoms with E-state index in [1.807, 2.05) is 6.07 Å². The Labute approximate surface area is 136 Å². The van der Waals surface area contributed by atoms with Gasteiger partial charge in [-0.3, -0.25) is 0 Å². The SMILES string of the molecule is CSC1(CNS(=O)(=O)c2ccc(CNC(C)C)s2)CCC1. The lowest BCUT2D eigenvalue weighted by Crippen LogP contribution is -2.45. The normalized spacial score (nSPS) is 17.9. The summed E-state index contributed by atoms with van der Waals surface area (Å²) in [4.78, 5) is 1.05. The Hall–Kier alpha value is -0.0800. The van der Waals surface area contributed by atoms with Crippen LogP contribution in [0.15, 0.2) is 16.3 Å². The Morgan fingerprint density at radius 1 is 1.38 bits per heavy atom. The number of thiophene rings is 1. The van der Waals surface area contributed by atoms with Gasteiger partial charge in [0.25, 0.3) is 0 Å². The molecule has 1 fully saturated rings. The van der Waals surface area contributed by atoms with E-state index >= 15 is 0 Å². The minimum Gasteiger partial charge on any atom is -0.310 e. The second kappa shape index (κ2) is 7.00. The Kier molecular flexibility index (Phi) is 5.76. The maximum Gasteiger partial charge on any atom is 0.250 e. The highest BCUT2D eigenvalue weighted by Crippen LogP contribution is 2.42. The van der Waals surface area contributed by atoms with Crippen LogP contribution in [0.4, 0.5) is 0 Å². The largest absolute Gasteiger partial charge is 0.310 e. The third-order valence-corrected chi connectivity index (χ3v) is 8.27. The van der Waals surface area contributed by atoms with Crippen molar-refractivity contribution in [1.82, 2.24) is 10.0 Å². The first-order chi connectivity index (χ1) is 9.87. The molecule has 7 heteroatoms. The van der Waals surface area contributed by atoms with Crippen molar-refractivity contribution in [3.8, 4) is 0 Å². The van der Waals surface area contributed by atoms with E-state index in [0.29, 0.717) is 23.3 Å². The molecule has 1 aromatic heterocycles. The molecule has 1 aromatic rings. The van der Waals surface area contributed by atoms with Crippen molar-refractivity contribution in [2.24, 2.45) is 0 Å². The summed E-state index contributed by atoms with van der Waals surface area (Å²) in [6.45, 7) is 5.40. The highest BCUT2D eigenvalue weighted by molar-refractivity contribution is 8.00. The van der Waals surface area contributed by atoms with Crippen molar-refractivity contribution in [2.75, 3.05) is 12.8 Å². The standard InChI is InChI=1S/C14H24N2O2S3/c1-11(2)15-9-12-5-6-13(20-12)21(17,18)16-10-14(19-3)7-4-8-14/h5-6,11,15-16H,4,7-10H2,1-3H3. The van der Waals surface area contributed by atoms with Gasteiger partial charge in [0.05, 0.1) is 0 Å². The summed E-state index contributed by atoms with van der Waals surface area (Å²) < 4.78 is 28.0. The molecular formula is C14H24N2O2S3. The van der Waals surface area contributed by atoms with Gasteiger partial charge in [-0.1, -0.05) is 20.3 Å². The van der Waals surface area contributed by atoms with Crippen LogP contribution in [0.5, 0.6) is 0 Å². The van der Waals surface area contributed by atoms with Crippen LogP contribution in [0.25, 0.3) is 0 Å². The second-order valence-electron chi connectivity index (χ2n) is 5.82. The lowest BCUT2D eigenvalue weighted by atomic mass is 9.84. The third-order valence-electron chi connectivity index (χ3n) is 3.87. The lowest BCUT2D eigenvalue weighted by molar-refractivity contribution is 0.362. The first-order valence-corrected chi connectivity index (χ1v) is 10.8. The van der Waals surface area contributed by atoms with Crippen LogP contribution in [-0.4, -0.2) is 32.0 Å². The maximum atomic E-state index is 12.4. The minimum absolute atomic E-state index is 0.117. The van der Waals surface area contributed by atoms with Gasteiger partial charge in [-0.05, 0) is 31.2 Å². The Balaban J connectivity index is 1.96. The highest BCUT2D eigenvalue weighted by Gasteiger charge is 2.37. The molecule has 0 aromatic carbocycles. The number of rotatable bonds is 8. The van der Waals surface area contributed by atoms with Crippen LogP contribution >= 0.6 is 23.1 Å². The molecule has 0 saturated heterocycles. The highest BCUT2D eigenvalue weighted by atomic mass is 32.2.